The van der Waals surface area contributed by atoms with Gasteiger partial charge >= 0.3 is 5.97 Å². The highest BCUT2D eigenvalue weighted by atomic mass is 16.4. The molecule has 4 nitrogen and oxygen atoms in total. The van der Waals surface area contributed by atoms with Gasteiger partial charge in [0.15, 0.2) is 0 Å². The Balaban J connectivity index is 2.14. The molecule has 0 bridgehead atoms. The number of carbonyl (C=O) groups is 1. The van der Waals surface area contributed by atoms with Gasteiger partial charge in [0, 0.05) is 5.56 Å². The molecule has 0 saturated heterocycles. The summed E-state index contributed by atoms with van der Waals surface area (Å²) >= 11 is 0. The van der Waals surface area contributed by atoms with Crippen LogP contribution in [-0.2, 0) is 12.8 Å². The number of carboxylic acid groups (broad SMARTS) is 1. The van der Waals surface area contributed by atoms with Crippen molar-refractivity contribution < 1.29 is 20.1 Å². The molecule has 0 radical (unpaired) electrons. The molecule has 0 fully saturated rings. The second-order valence-electron chi connectivity index (χ2n) is 6.77. The predicted octanol–water partition coefficient (Wildman–Crippen LogP) is 4.84. The minimum atomic E-state index is -0.919. The fourth-order valence-corrected chi connectivity index (χ4v) is 3.10. The molecule has 138 valence electrons. The van der Waals surface area contributed by atoms with E-state index in [-0.39, 0.29) is 11.5 Å². The van der Waals surface area contributed by atoms with Gasteiger partial charge in [-0.3, -0.25) is 0 Å². The highest BCUT2D eigenvalue weighted by molar-refractivity contribution is 5.89. The minimum absolute atomic E-state index is 0.243. The van der Waals surface area contributed by atoms with E-state index in [9.17, 15) is 20.1 Å². The Hall–Kier alpha value is -2.75. The van der Waals surface area contributed by atoms with Crippen LogP contribution in [0.15, 0.2) is 35.9 Å². The van der Waals surface area contributed by atoms with Crippen molar-refractivity contribution in [3.05, 3.63) is 69.3 Å². The van der Waals surface area contributed by atoms with Crippen molar-refractivity contribution in [1.29, 1.82) is 0 Å². The van der Waals surface area contributed by atoms with Gasteiger partial charge in [-0.1, -0.05) is 29.8 Å². The van der Waals surface area contributed by atoms with E-state index in [0.29, 0.717) is 29.5 Å². The molecular weight excluding hydrogens is 328 g/mol. The zero-order chi connectivity index (χ0) is 19.4. The maximum absolute atomic E-state index is 11.3. The van der Waals surface area contributed by atoms with Crippen molar-refractivity contribution in [3.8, 4) is 11.5 Å². The Morgan fingerprint density at radius 1 is 1.00 bits per heavy atom. The van der Waals surface area contributed by atoms with Gasteiger partial charge in [0.25, 0.3) is 0 Å². The first kappa shape index (κ1) is 19.6. The van der Waals surface area contributed by atoms with Crippen molar-refractivity contribution in [2.45, 2.75) is 47.0 Å². The van der Waals surface area contributed by atoms with Gasteiger partial charge in [0.05, 0.1) is 5.56 Å². The Kier molecular flexibility index (Phi) is 6.09. The molecule has 0 aromatic heterocycles. The third-order valence-corrected chi connectivity index (χ3v) is 5.05. The molecule has 2 aromatic rings. The summed E-state index contributed by atoms with van der Waals surface area (Å²) in [4.78, 5) is 11.3. The minimum Gasteiger partial charge on any atom is -0.507 e. The van der Waals surface area contributed by atoms with Gasteiger partial charge in [-0.2, -0.15) is 0 Å². The van der Waals surface area contributed by atoms with Crippen LogP contribution in [0.4, 0.5) is 0 Å². The number of phenolic OH excluding ortho intramolecular Hbond substituents is 2. The number of carboxylic acids is 1. The molecule has 0 aliphatic carbocycles. The summed E-state index contributed by atoms with van der Waals surface area (Å²) in [5, 5.41) is 29.9. The molecule has 0 unspecified atom stereocenters. The predicted molar refractivity (Wildman–Crippen MR) is 103 cm³/mol. The largest absolute Gasteiger partial charge is 0.507 e. The Bertz CT molecular complexity index is 834. The number of allylic oxidation sites excluding steroid dienone is 2. The normalized spacial score (nSPS) is 11.6. The molecule has 0 spiro atoms. The fraction of sp³-hybridized carbons (Fsp3) is 0.318. The van der Waals surface area contributed by atoms with Crippen LogP contribution in [0, 0.1) is 20.8 Å². The van der Waals surface area contributed by atoms with Crippen LogP contribution in [-0.4, -0.2) is 21.3 Å². The first-order valence-electron chi connectivity index (χ1n) is 8.71. The van der Waals surface area contributed by atoms with Crippen LogP contribution in [0.5, 0.6) is 11.5 Å². The summed E-state index contributed by atoms with van der Waals surface area (Å²) < 4.78 is 0. The molecule has 0 aliphatic rings. The maximum atomic E-state index is 11.3. The topological polar surface area (TPSA) is 77.8 Å². The van der Waals surface area contributed by atoms with Gasteiger partial charge in [-0.25, -0.2) is 4.79 Å². The average molecular weight is 354 g/mol. The van der Waals surface area contributed by atoms with Crippen LogP contribution in [0.2, 0.25) is 0 Å². The monoisotopic (exact) mass is 354 g/mol. The van der Waals surface area contributed by atoms with Crippen LogP contribution in [0.3, 0.4) is 0 Å². The number of hydrogen-bond acceptors (Lipinski definition) is 3. The molecule has 3 N–H and O–H groups in total. The molecule has 4 heteroatoms. The fourth-order valence-electron chi connectivity index (χ4n) is 3.10. The van der Waals surface area contributed by atoms with Crippen molar-refractivity contribution in [3.63, 3.8) is 0 Å². The van der Waals surface area contributed by atoms with E-state index >= 15 is 0 Å². The van der Waals surface area contributed by atoms with Crippen LogP contribution >= 0.6 is 0 Å². The van der Waals surface area contributed by atoms with E-state index in [1.165, 1.54) is 0 Å². The summed E-state index contributed by atoms with van der Waals surface area (Å²) in [5.74, 6) is -0.424. The van der Waals surface area contributed by atoms with Crippen molar-refractivity contribution in [2.24, 2.45) is 0 Å². The molecule has 2 rings (SSSR count). The molecule has 0 atom stereocenters. The second kappa shape index (κ2) is 8.09. The number of hydrogen-bond donors (Lipinski definition) is 3. The molecule has 0 heterocycles. The Morgan fingerprint density at radius 2 is 1.62 bits per heavy atom. The lowest BCUT2D eigenvalue weighted by Gasteiger charge is -2.16. The molecule has 2 aromatic carbocycles. The zero-order valence-electron chi connectivity index (χ0n) is 15.8. The average Bonchev–Trinajstić information content (AvgIpc) is 2.63. The van der Waals surface area contributed by atoms with E-state index in [0.717, 1.165) is 28.7 Å². The summed E-state index contributed by atoms with van der Waals surface area (Å²) in [5.41, 5.74) is 5.12. The van der Waals surface area contributed by atoms with Crippen molar-refractivity contribution in [1.82, 2.24) is 0 Å². The van der Waals surface area contributed by atoms with Gasteiger partial charge in [0.2, 0.25) is 0 Å². The maximum Gasteiger partial charge on any atom is 0.335 e. The number of phenols is 2. The van der Waals surface area contributed by atoms with E-state index in [1.807, 2.05) is 32.1 Å². The lowest BCUT2D eigenvalue weighted by atomic mass is 9.93. The summed E-state index contributed by atoms with van der Waals surface area (Å²) in [6.45, 7) is 7.42. The van der Waals surface area contributed by atoms with Gasteiger partial charge in [-0.05, 0) is 75.3 Å². The smallest absolute Gasteiger partial charge is 0.335 e. The lowest BCUT2D eigenvalue weighted by Crippen LogP contribution is -2.01. The third kappa shape index (κ3) is 4.07. The number of aromatic hydroxyl groups is 2. The van der Waals surface area contributed by atoms with E-state index < -0.39 is 5.97 Å². The van der Waals surface area contributed by atoms with Gasteiger partial charge in [0.1, 0.15) is 11.5 Å². The van der Waals surface area contributed by atoms with Gasteiger partial charge in [-0.15, -0.1) is 0 Å². The highest BCUT2D eigenvalue weighted by Crippen LogP contribution is 2.37. The van der Waals surface area contributed by atoms with E-state index in [1.54, 1.807) is 26.0 Å². The van der Waals surface area contributed by atoms with E-state index in [2.05, 4.69) is 0 Å². The van der Waals surface area contributed by atoms with Crippen LogP contribution in [0.25, 0.3) is 0 Å². The van der Waals surface area contributed by atoms with Crippen molar-refractivity contribution >= 4 is 5.97 Å². The molecule has 0 saturated carbocycles. The number of rotatable bonds is 6. The standard InChI is InChI=1S/C22H26O4/c1-13(9-11-17-7-5-6-8-19(17)22(25)26)10-12-18-16(4)20(23)14(2)15(3)21(18)24/h5-9,23-24H,10-12H2,1-4H3,(H,25,26). The molecule has 0 amide bonds. The Labute approximate surface area is 154 Å². The number of aromatic carboxylic acids is 1. The quantitative estimate of drug-likeness (QED) is 0.512. The SMILES string of the molecule is CC(=CCc1ccccc1C(=O)O)CCc1c(C)c(O)c(C)c(C)c1O. The third-order valence-electron chi connectivity index (χ3n) is 5.05. The highest BCUT2D eigenvalue weighted by Gasteiger charge is 2.16. The van der Waals surface area contributed by atoms with Crippen LogP contribution < -0.4 is 0 Å². The molecule has 0 aliphatic heterocycles. The molecule has 26 heavy (non-hydrogen) atoms. The summed E-state index contributed by atoms with van der Waals surface area (Å²) in [6, 6.07) is 7.00. The first-order chi connectivity index (χ1) is 12.2. The van der Waals surface area contributed by atoms with Gasteiger partial charge < -0.3 is 15.3 Å². The van der Waals surface area contributed by atoms with Crippen LogP contribution in [0.1, 0.15) is 51.5 Å². The molecular formula is C22H26O4. The number of benzene rings is 2. The summed E-state index contributed by atoms with van der Waals surface area (Å²) in [6.07, 6.45) is 3.92. The van der Waals surface area contributed by atoms with Crippen molar-refractivity contribution in [2.75, 3.05) is 0 Å². The lowest BCUT2D eigenvalue weighted by molar-refractivity contribution is 0.0696. The second-order valence-corrected chi connectivity index (χ2v) is 6.77. The van der Waals surface area contributed by atoms with E-state index in [4.69, 9.17) is 0 Å². The summed E-state index contributed by atoms with van der Waals surface area (Å²) in [7, 11) is 0. The Morgan fingerprint density at radius 3 is 2.27 bits per heavy atom. The first-order valence-corrected chi connectivity index (χ1v) is 8.71. The zero-order valence-corrected chi connectivity index (χ0v) is 15.8.